The fourth-order valence-corrected chi connectivity index (χ4v) is 4.75. The van der Waals surface area contributed by atoms with Gasteiger partial charge in [0.25, 0.3) is 0 Å². The van der Waals surface area contributed by atoms with E-state index in [9.17, 15) is 22.8 Å². The van der Waals surface area contributed by atoms with E-state index in [1.54, 1.807) is 0 Å². The molecule has 140 valence electrons. The first-order chi connectivity index (χ1) is 11.6. The monoisotopic (exact) mass is 359 g/mol. The second-order valence-corrected chi connectivity index (χ2v) is 8.44. The van der Waals surface area contributed by atoms with Crippen molar-refractivity contribution in [1.29, 1.82) is 0 Å². The Hall–Kier alpha value is -1.31. The smallest absolute Gasteiger partial charge is 0.331 e. The topological polar surface area (TPSA) is 52.7 Å². The molecule has 4 fully saturated rings. The number of piperazine rings is 1. The number of alkyl halides is 3. The lowest BCUT2D eigenvalue weighted by Crippen LogP contribution is -2.67. The van der Waals surface area contributed by atoms with E-state index in [1.165, 1.54) is 0 Å². The molecule has 2 saturated carbocycles. The zero-order chi connectivity index (χ0) is 18.2. The summed E-state index contributed by atoms with van der Waals surface area (Å²) in [5, 5.41) is 3.29. The van der Waals surface area contributed by atoms with Crippen LogP contribution < -0.4 is 5.32 Å². The maximum Gasteiger partial charge on any atom is 0.471 e. The van der Waals surface area contributed by atoms with Crippen molar-refractivity contribution in [2.45, 2.75) is 75.3 Å². The first kappa shape index (κ1) is 17.1. The number of hydrogen-bond donors (Lipinski definition) is 1. The highest BCUT2D eigenvalue weighted by atomic mass is 19.4. The molecule has 0 bridgehead atoms. The molecule has 2 spiro atoms. The predicted octanol–water partition coefficient (Wildman–Crippen LogP) is 1.67. The van der Waals surface area contributed by atoms with Crippen molar-refractivity contribution in [3.05, 3.63) is 0 Å². The summed E-state index contributed by atoms with van der Waals surface area (Å²) in [5.41, 5.74) is -1.42. The van der Waals surface area contributed by atoms with E-state index in [-0.39, 0.29) is 37.0 Å². The molecule has 0 aromatic carbocycles. The van der Waals surface area contributed by atoms with Crippen molar-refractivity contribution in [3.63, 3.8) is 0 Å². The number of amides is 2. The van der Waals surface area contributed by atoms with E-state index in [4.69, 9.17) is 0 Å². The maximum atomic E-state index is 13.1. The van der Waals surface area contributed by atoms with Crippen LogP contribution in [0.25, 0.3) is 0 Å². The number of nitrogens with one attached hydrogen (secondary N) is 1. The molecule has 0 radical (unpaired) electrons. The standard InChI is InChI=1S/C17H24F3N3O2/c1-10-7-16(10)9-23(14(25)17(18,19)20)15(5-6-15)8-22(16)13(24)12-4-3-11(2)21-12/h10-12,21H,3-9H2,1-2H3/t10?,11-,12?,16-/m1/s1. The van der Waals surface area contributed by atoms with E-state index in [0.717, 1.165) is 17.7 Å². The van der Waals surface area contributed by atoms with Gasteiger partial charge in [-0.1, -0.05) is 6.92 Å². The zero-order valence-electron chi connectivity index (χ0n) is 14.5. The van der Waals surface area contributed by atoms with Crippen molar-refractivity contribution in [1.82, 2.24) is 15.1 Å². The summed E-state index contributed by atoms with van der Waals surface area (Å²) in [7, 11) is 0. The Kier molecular flexibility index (Phi) is 3.50. The van der Waals surface area contributed by atoms with Crippen LogP contribution in [-0.4, -0.2) is 64.0 Å². The maximum absolute atomic E-state index is 13.1. The average molecular weight is 359 g/mol. The lowest BCUT2D eigenvalue weighted by molar-refractivity contribution is -0.194. The van der Waals surface area contributed by atoms with Gasteiger partial charge in [0.15, 0.2) is 0 Å². The number of carbonyl (C=O) groups excluding carboxylic acids is 2. The molecule has 2 aliphatic heterocycles. The van der Waals surface area contributed by atoms with Crippen LogP contribution in [0.4, 0.5) is 13.2 Å². The second kappa shape index (κ2) is 5.11. The predicted molar refractivity (Wildman–Crippen MR) is 83.6 cm³/mol. The SMILES string of the molecule is CC1C[C@@]12CN(C(=O)C(F)(F)F)C1(CC1)CN2C(=O)C1CC[C@@H](C)N1. The third kappa shape index (κ3) is 2.55. The molecular weight excluding hydrogens is 335 g/mol. The van der Waals surface area contributed by atoms with Crippen LogP contribution in [0.5, 0.6) is 0 Å². The Morgan fingerprint density at radius 3 is 2.16 bits per heavy atom. The van der Waals surface area contributed by atoms with Crippen molar-refractivity contribution in [2.75, 3.05) is 13.1 Å². The number of halogens is 3. The minimum Gasteiger partial charge on any atom is -0.331 e. The zero-order valence-corrected chi connectivity index (χ0v) is 14.5. The summed E-state index contributed by atoms with van der Waals surface area (Å²) in [6.45, 7) is 4.24. The first-order valence-corrected chi connectivity index (χ1v) is 9.05. The van der Waals surface area contributed by atoms with Crippen LogP contribution in [0.3, 0.4) is 0 Å². The van der Waals surface area contributed by atoms with Gasteiger partial charge in [0, 0.05) is 19.1 Å². The molecular formula is C17H24F3N3O2. The van der Waals surface area contributed by atoms with Crippen LogP contribution in [0, 0.1) is 5.92 Å². The molecule has 5 nitrogen and oxygen atoms in total. The van der Waals surface area contributed by atoms with E-state index in [1.807, 2.05) is 18.7 Å². The highest BCUT2D eigenvalue weighted by molar-refractivity contribution is 5.86. The Labute approximate surface area is 144 Å². The molecule has 2 aliphatic carbocycles. The van der Waals surface area contributed by atoms with Crippen LogP contribution in [-0.2, 0) is 9.59 Å². The summed E-state index contributed by atoms with van der Waals surface area (Å²) in [4.78, 5) is 27.9. The van der Waals surface area contributed by atoms with Crippen LogP contribution in [0.1, 0.15) is 46.0 Å². The number of rotatable bonds is 1. The largest absolute Gasteiger partial charge is 0.471 e. The van der Waals surface area contributed by atoms with Gasteiger partial charge in [-0.2, -0.15) is 13.2 Å². The Bertz CT molecular complexity index is 619. The van der Waals surface area contributed by atoms with Crippen molar-refractivity contribution < 1.29 is 22.8 Å². The van der Waals surface area contributed by atoms with Crippen molar-refractivity contribution in [2.24, 2.45) is 5.92 Å². The molecule has 2 amide bonds. The van der Waals surface area contributed by atoms with E-state index in [2.05, 4.69) is 5.32 Å². The number of hydrogen-bond acceptors (Lipinski definition) is 3. The normalized spacial score (nSPS) is 39.2. The average Bonchev–Trinajstić information content (AvgIpc) is 3.38. The molecule has 1 N–H and O–H groups in total. The highest BCUT2D eigenvalue weighted by Crippen LogP contribution is 2.58. The summed E-state index contributed by atoms with van der Waals surface area (Å²) >= 11 is 0. The molecule has 2 saturated heterocycles. The summed E-state index contributed by atoms with van der Waals surface area (Å²) in [5.74, 6) is -1.63. The third-order valence-corrected chi connectivity index (χ3v) is 6.66. The van der Waals surface area contributed by atoms with Crippen molar-refractivity contribution in [3.8, 4) is 0 Å². The molecule has 0 aromatic heterocycles. The number of nitrogens with zero attached hydrogens (tertiary/aromatic N) is 2. The minimum absolute atomic E-state index is 0.000849. The molecule has 0 aromatic rings. The van der Waals surface area contributed by atoms with E-state index < -0.39 is 23.2 Å². The van der Waals surface area contributed by atoms with Gasteiger partial charge in [-0.15, -0.1) is 0 Å². The van der Waals surface area contributed by atoms with Gasteiger partial charge < -0.3 is 15.1 Å². The Balaban J connectivity index is 1.59. The summed E-state index contributed by atoms with van der Waals surface area (Å²) < 4.78 is 39.1. The van der Waals surface area contributed by atoms with Crippen LogP contribution in [0.15, 0.2) is 0 Å². The van der Waals surface area contributed by atoms with Gasteiger partial charge in [-0.05, 0) is 44.9 Å². The summed E-state index contributed by atoms with van der Waals surface area (Å²) in [6, 6.07) is 0.0323. The van der Waals surface area contributed by atoms with Gasteiger partial charge in [0.1, 0.15) is 0 Å². The Morgan fingerprint density at radius 1 is 1.08 bits per heavy atom. The first-order valence-electron chi connectivity index (χ1n) is 9.05. The molecule has 4 aliphatic rings. The van der Waals surface area contributed by atoms with Gasteiger partial charge >= 0.3 is 12.1 Å². The highest BCUT2D eigenvalue weighted by Gasteiger charge is 2.69. The van der Waals surface area contributed by atoms with Gasteiger partial charge in [-0.3, -0.25) is 9.59 Å². The molecule has 8 heteroatoms. The number of carbonyl (C=O) groups is 2. The van der Waals surface area contributed by atoms with Gasteiger partial charge in [-0.25, -0.2) is 0 Å². The van der Waals surface area contributed by atoms with E-state index in [0.29, 0.717) is 19.3 Å². The molecule has 4 rings (SSSR count). The molecule has 2 unspecified atom stereocenters. The van der Waals surface area contributed by atoms with Crippen LogP contribution >= 0.6 is 0 Å². The minimum atomic E-state index is -4.86. The summed E-state index contributed by atoms with van der Waals surface area (Å²) in [6.07, 6.45) is -1.42. The second-order valence-electron chi connectivity index (χ2n) is 8.44. The third-order valence-electron chi connectivity index (χ3n) is 6.66. The van der Waals surface area contributed by atoms with Gasteiger partial charge in [0.2, 0.25) is 5.91 Å². The molecule has 2 heterocycles. The Morgan fingerprint density at radius 2 is 1.72 bits per heavy atom. The van der Waals surface area contributed by atoms with E-state index >= 15 is 0 Å². The van der Waals surface area contributed by atoms with Crippen LogP contribution in [0.2, 0.25) is 0 Å². The molecule has 4 atom stereocenters. The van der Waals surface area contributed by atoms with Crippen molar-refractivity contribution >= 4 is 11.8 Å². The lowest BCUT2D eigenvalue weighted by Gasteiger charge is -2.49. The quantitative estimate of drug-likeness (QED) is 0.775. The lowest BCUT2D eigenvalue weighted by atomic mass is 9.98. The molecule has 25 heavy (non-hydrogen) atoms. The van der Waals surface area contributed by atoms with Gasteiger partial charge in [0.05, 0.1) is 17.1 Å². The fraction of sp³-hybridized carbons (Fsp3) is 0.882. The fourth-order valence-electron chi connectivity index (χ4n) is 4.75.